The van der Waals surface area contributed by atoms with Crippen molar-refractivity contribution in [3.63, 3.8) is 0 Å². The Kier molecular flexibility index (Phi) is 3.45. The molecule has 1 nitrogen and oxygen atoms in total. The minimum Gasteiger partial charge on any atom is -0.249 e. The van der Waals surface area contributed by atoms with Crippen LogP contribution in [0, 0.1) is 5.92 Å². The molecule has 0 bridgehead atoms. The molecule has 1 aromatic rings. The predicted molar refractivity (Wildman–Crippen MR) is 62.0 cm³/mol. The smallest absolute Gasteiger partial charge is 0.0959 e. The number of alkyl halides is 1. The number of halogens is 1. The summed E-state index contributed by atoms with van der Waals surface area (Å²) in [5.74, 6) is 2.24. The molecule has 0 atom stereocenters. The maximum Gasteiger partial charge on any atom is 0.0959 e. The molecule has 1 aliphatic rings. The third kappa shape index (κ3) is 2.29. The van der Waals surface area contributed by atoms with Crippen LogP contribution in [0.2, 0.25) is 0 Å². The van der Waals surface area contributed by atoms with E-state index in [0.717, 1.165) is 5.92 Å². The Labute approximate surface area is 94.5 Å². The van der Waals surface area contributed by atoms with Crippen LogP contribution in [-0.4, -0.2) is 4.98 Å². The van der Waals surface area contributed by atoms with Gasteiger partial charge >= 0.3 is 0 Å². The number of nitrogens with zero attached hydrogens (tertiary/aromatic N) is 1. The Morgan fingerprint density at radius 3 is 2.71 bits per heavy atom. The van der Waals surface area contributed by atoms with E-state index in [4.69, 9.17) is 11.6 Å². The number of thiazole rings is 1. The van der Waals surface area contributed by atoms with Gasteiger partial charge in [0.1, 0.15) is 0 Å². The molecule has 78 valence electrons. The van der Waals surface area contributed by atoms with Crippen LogP contribution in [0.3, 0.4) is 0 Å². The van der Waals surface area contributed by atoms with Gasteiger partial charge in [0.25, 0.3) is 0 Å². The standard InChI is InChI=1S/C11H16ClNS/c1-8-2-4-9(5-3-8)11-13-7-10(6-12)14-11/h7-9H,2-6H2,1H3. The Hall–Kier alpha value is -0.0800. The number of rotatable bonds is 2. The monoisotopic (exact) mass is 229 g/mol. The van der Waals surface area contributed by atoms with Crippen LogP contribution in [0.1, 0.15) is 48.4 Å². The molecule has 0 unspecified atom stereocenters. The average molecular weight is 230 g/mol. The highest BCUT2D eigenvalue weighted by atomic mass is 35.5. The molecule has 1 fully saturated rings. The lowest BCUT2D eigenvalue weighted by molar-refractivity contribution is 0.347. The predicted octanol–water partition coefficient (Wildman–Crippen LogP) is 4.18. The molecule has 0 amide bonds. The van der Waals surface area contributed by atoms with Gasteiger partial charge in [-0.25, -0.2) is 4.98 Å². The van der Waals surface area contributed by atoms with Gasteiger partial charge in [0.15, 0.2) is 0 Å². The molecule has 0 spiro atoms. The Morgan fingerprint density at radius 2 is 2.14 bits per heavy atom. The van der Waals surface area contributed by atoms with Gasteiger partial charge in [0.05, 0.1) is 10.9 Å². The summed E-state index contributed by atoms with van der Waals surface area (Å²) in [7, 11) is 0. The molecule has 3 heteroatoms. The lowest BCUT2D eigenvalue weighted by atomic mass is 9.83. The first kappa shape index (κ1) is 10.4. The fourth-order valence-corrected chi connectivity index (χ4v) is 3.25. The average Bonchev–Trinajstić information content (AvgIpc) is 2.67. The van der Waals surface area contributed by atoms with Crippen molar-refractivity contribution in [2.45, 2.75) is 44.4 Å². The fourth-order valence-electron chi connectivity index (χ4n) is 2.08. The first-order valence-corrected chi connectivity index (χ1v) is 6.65. The number of aromatic nitrogens is 1. The van der Waals surface area contributed by atoms with Gasteiger partial charge in [-0.2, -0.15) is 0 Å². The van der Waals surface area contributed by atoms with Gasteiger partial charge in [-0.05, 0) is 18.8 Å². The third-order valence-electron chi connectivity index (χ3n) is 3.07. The lowest BCUT2D eigenvalue weighted by Crippen LogP contribution is -2.10. The van der Waals surface area contributed by atoms with Crippen molar-refractivity contribution in [1.82, 2.24) is 4.98 Å². The van der Waals surface area contributed by atoms with E-state index in [1.807, 2.05) is 6.20 Å². The maximum atomic E-state index is 5.77. The first-order chi connectivity index (χ1) is 6.79. The minimum absolute atomic E-state index is 0.612. The molecule has 2 rings (SSSR count). The molecular weight excluding hydrogens is 214 g/mol. The topological polar surface area (TPSA) is 12.9 Å². The SMILES string of the molecule is CC1CCC(c2ncc(CCl)s2)CC1. The van der Waals surface area contributed by atoms with Crippen LogP contribution in [-0.2, 0) is 5.88 Å². The molecule has 0 radical (unpaired) electrons. The van der Waals surface area contributed by atoms with E-state index >= 15 is 0 Å². The molecular formula is C11H16ClNS. The van der Waals surface area contributed by atoms with E-state index < -0.39 is 0 Å². The summed E-state index contributed by atoms with van der Waals surface area (Å²) in [5, 5.41) is 1.31. The molecule has 1 heterocycles. The molecule has 1 aliphatic carbocycles. The van der Waals surface area contributed by atoms with Crippen LogP contribution in [0.5, 0.6) is 0 Å². The quantitative estimate of drug-likeness (QED) is 0.694. The van der Waals surface area contributed by atoms with Gasteiger partial charge in [-0.15, -0.1) is 22.9 Å². The van der Waals surface area contributed by atoms with Crippen molar-refractivity contribution in [3.8, 4) is 0 Å². The second kappa shape index (κ2) is 4.63. The van der Waals surface area contributed by atoms with Crippen LogP contribution in [0.4, 0.5) is 0 Å². The summed E-state index contributed by atoms with van der Waals surface area (Å²) in [5.41, 5.74) is 0. The number of hydrogen-bond acceptors (Lipinski definition) is 2. The van der Waals surface area contributed by atoms with E-state index in [-0.39, 0.29) is 0 Å². The zero-order chi connectivity index (χ0) is 9.97. The van der Waals surface area contributed by atoms with Gasteiger partial charge < -0.3 is 0 Å². The van der Waals surface area contributed by atoms with Crippen molar-refractivity contribution < 1.29 is 0 Å². The van der Waals surface area contributed by atoms with Gasteiger partial charge in [0.2, 0.25) is 0 Å². The second-order valence-corrected chi connectivity index (χ2v) is 5.67. The summed E-state index contributed by atoms with van der Waals surface area (Å²) in [6.07, 6.45) is 7.29. The highest BCUT2D eigenvalue weighted by Crippen LogP contribution is 2.37. The Morgan fingerprint density at radius 1 is 1.43 bits per heavy atom. The summed E-state index contributed by atoms with van der Waals surface area (Å²) in [4.78, 5) is 5.68. The van der Waals surface area contributed by atoms with Gasteiger partial charge in [0, 0.05) is 17.0 Å². The van der Waals surface area contributed by atoms with E-state index in [1.54, 1.807) is 11.3 Å². The maximum absolute atomic E-state index is 5.77. The van der Waals surface area contributed by atoms with E-state index in [9.17, 15) is 0 Å². The molecule has 1 saturated carbocycles. The first-order valence-electron chi connectivity index (χ1n) is 5.30. The molecule has 0 aromatic carbocycles. The minimum atomic E-state index is 0.612. The van der Waals surface area contributed by atoms with Crippen LogP contribution in [0.25, 0.3) is 0 Å². The largest absolute Gasteiger partial charge is 0.249 e. The van der Waals surface area contributed by atoms with Gasteiger partial charge in [-0.3, -0.25) is 0 Å². The van der Waals surface area contributed by atoms with Crippen molar-refractivity contribution in [2.24, 2.45) is 5.92 Å². The fraction of sp³-hybridized carbons (Fsp3) is 0.727. The molecule has 0 aliphatic heterocycles. The molecule has 0 N–H and O–H groups in total. The molecule has 0 saturated heterocycles. The lowest BCUT2D eigenvalue weighted by Gasteiger charge is -2.24. The Balaban J connectivity index is 2.01. The van der Waals surface area contributed by atoms with E-state index in [1.165, 1.54) is 35.6 Å². The summed E-state index contributed by atoms with van der Waals surface area (Å²) < 4.78 is 0. The highest BCUT2D eigenvalue weighted by Gasteiger charge is 2.21. The highest BCUT2D eigenvalue weighted by molar-refractivity contribution is 7.11. The second-order valence-electron chi connectivity index (χ2n) is 4.26. The summed E-state index contributed by atoms with van der Waals surface area (Å²) >= 11 is 7.57. The zero-order valence-corrected chi connectivity index (χ0v) is 10.1. The molecule has 14 heavy (non-hydrogen) atoms. The summed E-state index contributed by atoms with van der Waals surface area (Å²) in [6.45, 7) is 2.35. The van der Waals surface area contributed by atoms with E-state index in [2.05, 4.69) is 11.9 Å². The Bertz CT molecular complexity index is 289. The van der Waals surface area contributed by atoms with Gasteiger partial charge in [-0.1, -0.05) is 19.8 Å². The normalized spacial score (nSPS) is 27.9. The van der Waals surface area contributed by atoms with Crippen LogP contribution < -0.4 is 0 Å². The van der Waals surface area contributed by atoms with Crippen molar-refractivity contribution >= 4 is 22.9 Å². The zero-order valence-electron chi connectivity index (χ0n) is 8.50. The van der Waals surface area contributed by atoms with Crippen molar-refractivity contribution in [1.29, 1.82) is 0 Å². The summed E-state index contributed by atoms with van der Waals surface area (Å²) in [6, 6.07) is 0. The van der Waals surface area contributed by atoms with Crippen LogP contribution >= 0.6 is 22.9 Å². The number of hydrogen-bond donors (Lipinski definition) is 0. The van der Waals surface area contributed by atoms with Crippen LogP contribution in [0.15, 0.2) is 6.20 Å². The molecule has 1 aromatic heterocycles. The van der Waals surface area contributed by atoms with Crippen molar-refractivity contribution in [2.75, 3.05) is 0 Å². The van der Waals surface area contributed by atoms with E-state index in [0.29, 0.717) is 11.8 Å². The third-order valence-corrected chi connectivity index (χ3v) is 4.67. The van der Waals surface area contributed by atoms with Crippen molar-refractivity contribution in [3.05, 3.63) is 16.1 Å².